The molecule has 0 spiro atoms. The minimum Gasteiger partial charge on any atom is -0.389 e. The molecule has 3 atom stereocenters. The van der Waals surface area contributed by atoms with Crippen LogP contribution in [-0.4, -0.2) is 11.2 Å². The fourth-order valence-electron chi connectivity index (χ4n) is 2.37. The van der Waals surface area contributed by atoms with Crippen LogP contribution in [0.4, 0.5) is 0 Å². The highest BCUT2D eigenvalue weighted by atomic mass is 16.3. The van der Waals surface area contributed by atoms with E-state index < -0.39 is 0 Å². The minimum atomic E-state index is -0.233. The molecule has 0 aliphatic heterocycles. The van der Waals surface area contributed by atoms with Crippen LogP contribution in [0.25, 0.3) is 0 Å². The van der Waals surface area contributed by atoms with Gasteiger partial charge in [0.15, 0.2) is 0 Å². The molecule has 0 bridgehead atoms. The highest BCUT2D eigenvalue weighted by Gasteiger charge is 2.34. The Morgan fingerprint density at radius 1 is 1.11 bits per heavy atom. The van der Waals surface area contributed by atoms with Gasteiger partial charge in [-0.05, 0) is 50.4 Å². The van der Waals surface area contributed by atoms with Gasteiger partial charge < -0.3 is 5.11 Å². The van der Waals surface area contributed by atoms with Crippen LogP contribution in [0.15, 0.2) is 24.3 Å². The first-order chi connectivity index (χ1) is 8.77. The molecule has 0 unspecified atom stereocenters. The maximum absolute atomic E-state index is 9.41. The maximum atomic E-state index is 9.41. The molecule has 0 amide bonds. The normalized spacial score (nSPS) is 25.1. The summed E-state index contributed by atoms with van der Waals surface area (Å²) >= 11 is 0. The van der Waals surface area contributed by atoms with E-state index in [0.717, 1.165) is 18.3 Å². The molecule has 1 saturated carbocycles. The molecule has 1 heteroatoms. The lowest BCUT2D eigenvalue weighted by molar-refractivity contribution is 0.218. The zero-order chi connectivity index (χ0) is 13.2. The van der Waals surface area contributed by atoms with Crippen molar-refractivity contribution in [2.75, 3.05) is 0 Å². The molecule has 0 aromatic heterocycles. The highest BCUT2D eigenvalue weighted by molar-refractivity contribution is 4.97. The van der Waals surface area contributed by atoms with Crippen LogP contribution in [0, 0.1) is 11.8 Å². The molecule has 0 radical (unpaired) electrons. The van der Waals surface area contributed by atoms with Gasteiger partial charge in [-0.25, -0.2) is 0 Å². The van der Waals surface area contributed by atoms with Gasteiger partial charge in [0, 0.05) is 0 Å². The van der Waals surface area contributed by atoms with E-state index in [9.17, 15) is 5.11 Å². The molecule has 0 saturated heterocycles. The second-order valence-corrected chi connectivity index (χ2v) is 5.59. The molecule has 1 nitrogen and oxygen atoms in total. The standard InChI is InChI=1S/C17H30O/c1-3-5-6-7-8-9-11-15-14-16(15)12-10-13-17(18)4-2/h7-8,10,13,15-18H,3-6,9,11-12,14H2,1-2H3/b8-7-,13-10+/t15-,16+,17-/m1/s1. The third-order valence-corrected chi connectivity index (χ3v) is 3.88. The first-order valence-corrected chi connectivity index (χ1v) is 7.77. The van der Waals surface area contributed by atoms with Crippen molar-refractivity contribution >= 4 is 0 Å². The van der Waals surface area contributed by atoms with E-state index >= 15 is 0 Å². The quantitative estimate of drug-likeness (QED) is 0.433. The van der Waals surface area contributed by atoms with E-state index in [-0.39, 0.29) is 6.10 Å². The number of aliphatic hydroxyl groups excluding tert-OH is 1. The zero-order valence-electron chi connectivity index (χ0n) is 12.1. The first-order valence-electron chi connectivity index (χ1n) is 7.77. The minimum absolute atomic E-state index is 0.233. The van der Waals surface area contributed by atoms with Gasteiger partial charge in [0.25, 0.3) is 0 Å². The van der Waals surface area contributed by atoms with Crippen molar-refractivity contribution < 1.29 is 5.11 Å². The lowest BCUT2D eigenvalue weighted by atomic mass is 10.1. The molecule has 0 aromatic rings. The van der Waals surface area contributed by atoms with Crippen molar-refractivity contribution in [2.45, 2.75) is 71.3 Å². The molecule has 0 aromatic carbocycles. The van der Waals surface area contributed by atoms with E-state index in [1.54, 1.807) is 0 Å². The highest BCUT2D eigenvalue weighted by Crippen LogP contribution is 2.44. The number of hydrogen-bond acceptors (Lipinski definition) is 1. The molecule has 1 fully saturated rings. The smallest absolute Gasteiger partial charge is 0.0718 e. The zero-order valence-corrected chi connectivity index (χ0v) is 12.1. The number of allylic oxidation sites excluding steroid dienone is 3. The second-order valence-electron chi connectivity index (χ2n) is 5.59. The Balaban J connectivity index is 1.97. The second kappa shape index (κ2) is 9.38. The summed E-state index contributed by atoms with van der Waals surface area (Å²) in [6.45, 7) is 4.26. The third-order valence-electron chi connectivity index (χ3n) is 3.88. The summed E-state index contributed by atoms with van der Waals surface area (Å²) in [5, 5.41) is 9.41. The Bertz CT molecular complexity index is 254. The summed E-state index contributed by atoms with van der Waals surface area (Å²) in [5.41, 5.74) is 0. The average molecular weight is 250 g/mol. The molecule has 1 rings (SSSR count). The number of unbranched alkanes of at least 4 members (excludes halogenated alkanes) is 2. The van der Waals surface area contributed by atoms with Gasteiger partial charge in [-0.2, -0.15) is 0 Å². The predicted octanol–water partition coefficient (Wildman–Crippen LogP) is 4.87. The van der Waals surface area contributed by atoms with E-state index in [1.807, 2.05) is 13.0 Å². The van der Waals surface area contributed by atoms with E-state index in [0.29, 0.717) is 0 Å². The molecule has 1 aliphatic rings. The summed E-state index contributed by atoms with van der Waals surface area (Å²) in [6, 6.07) is 0. The van der Waals surface area contributed by atoms with Gasteiger partial charge >= 0.3 is 0 Å². The molecule has 0 heterocycles. The number of hydrogen-bond donors (Lipinski definition) is 1. The van der Waals surface area contributed by atoms with E-state index in [2.05, 4.69) is 25.2 Å². The number of aliphatic hydroxyl groups is 1. The summed E-state index contributed by atoms with van der Waals surface area (Å²) in [5.74, 6) is 1.85. The Hall–Kier alpha value is -0.560. The lowest BCUT2D eigenvalue weighted by Crippen LogP contribution is -1.97. The molecule has 104 valence electrons. The molecule has 1 aliphatic carbocycles. The van der Waals surface area contributed by atoms with Crippen molar-refractivity contribution in [3.05, 3.63) is 24.3 Å². The van der Waals surface area contributed by atoms with Gasteiger partial charge in [0.1, 0.15) is 0 Å². The van der Waals surface area contributed by atoms with Crippen molar-refractivity contribution in [3.63, 3.8) is 0 Å². The van der Waals surface area contributed by atoms with E-state index in [4.69, 9.17) is 0 Å². The molecular formula is C17H30O. The van der Waals surface area contributed by atoms with E-state index in [1.165, 1.54) is 44.9 Å². The summed E-state index contributed by atoms with van der Waals surface area (Å²) in [4.78, 5) is 0. The maximum Gasteiger partial charge on any atom is 0.0718 e. The molecular weight excluding hydrogens is 220 g/mol. The van der Waals surface area contributed by atoms with Crippen molar-refractivity contribution in [1.82, 2.24) is 0 Å². The Kier molecular flexibility index (Phi) is 8.08. The summed E-state index contributed by atoms with van der Waals surface area (Å²) < 4.78 is 0. The van der Waals surface area contributed by atoms with Crippen LogP contribution in [0.5, 0.6) is 0 Å². The fourth-order valence-corrected chi connectivity index (χ4v) is 2.37. The monoisotopic (exact) mass is 250 g/mol. The van der Waals surface area contributed by atoms with Gasteiger partial charge in [0.05, 0.1) is 6.10 Å². The van der Waals surface area contributed by atoms with Crippen LogP contribution in [0.1, 0.15) is 65.2 Å². The van der Waals surface area contributed by atoms with Crippen LogP contribution < -0.4 is 0 Å². The SMILES string of the molecule is CCCC/C=C\CC[C@@H]1C[C@@H]1C/C=C/[C@H](O)CC. The number of rotatable bonds is 10. The van der Waals surface area contributed by atoms with Crippen LogP contribution in [0.3, 0.4) is 0 Å². The third kappa shape index (κ3) is 7.00. The van der Waals surface area contributed by atoms with Crippen LogP contribution in [0.2, 0.25) is 0 Å². The van der Waals surface area contributed by atoms with Crippen molar-refractivity contribution in [2.24, 2.45) is 11.8 Å². The Morgan fingerprint density at radius 3 is 2.61 bits per heavy atom. The van der Waals surface area contributed by atoms with Gasteiger partial charge in [-0.15, -0.1) is 0 Å². The lowest BCUT2D eigenvalue weighted by Gasteiger charge is -1.99. The molecule has 1 N–H and O–H groups in total. The van der Waals surface area contributed by atoms with Crippen LogP contribution >= 0.6 is 0 Å². The van der Waals surface area contributed by atoms with Gasteiger partial charge in [-0.1, -0.05) is 51.0 Å². The average Bonchev–Trinajstić information content (AvgIpc) is 3.12. The first kappa shape index (κ1) is 15.5. The van der Waals surface area contributed by atoms with Gasteiger partial charge in [0.2, 0.25) is 0 Å². The van der Waals surface area contributed by atoms with Gasteiger partial charge in [-0.3, -0.25) is 0 Å². The Morgan fingerprint density at radius 2 is 1.89 bits per heavy atom. The predicted molar refractivity (Wildman–Crippen MR) is 79.6 cm³/mol. The Labute approximate surface area is 113 Å². The molecule has 18 heavy (non-hydrogen) atoms. The largest absolute Gasteiger partial charge is 0.389 e. The van der Waals surface area contributed by atoms with Crippen molar-refractivity contribution in [1.29, 1.82) is 0 Å². The van der Waals surface area contributed by atoms with Crippen LogP contribution in [-0.2, 0) is 0 Å². The van der Waals surface area contributed by atoms with Crippen molar-refractivity contribution in [3.8, 4) is 0 Å². The topological polar surface area (TPSA) is 20.2 Å². The summed E-state index contributed by atoms with van der Waals surface area (Å²) in [6.07, 6.45) is 18.5. The summed E-state index contributed by atoms with van der Waals surface area (Å²) in [7, 11) is 0. The fraction of sp³-hybridized carbons (Fsp3) is 0.765.